The molecule has 0 aromatic carbocycles. The number of hydrogen-bond acceptors (Lipinski definition) is 2. The largest absolute Gasteiger partial charge is 0.265 e. The molecule has 0 amide bonds. The molecule has 1 aliphatic carbocycles. The molecule has 2 aromatic heterocycles. The number of aryl methyl sites for hydroxylation is 1. The zero-order valence-corrected chi connectivity index (χ0v) is 16.4. The molecule has 1 atom stereocenters. The molecule has 1 unspecified atom stereocenters. The van der Waals surface area contributed by atoms with Gasteiger partial charge in [0.1, 0.15) is 0 Å². The maximum Gasteiger partial charge on any atom is 0.0349 e. The third kappa shape index (κ3) is 4.24. The van der Waals surface area contributed by atoms with Crippen LogP contribution < -0.4 is 0 Å². The van der Waals surface area contributed by atoms with E-state index in [1.165, 1.54) is 39.3 Å². The van der Waals surface area contributed by atoms with Crippen LogP contribution in [0.1, 0.15) is 63.8 Å². The van der Waals surface area contributed by atoms with Gasteiger partial charge in [-0.05, 0) is 55.5 Å². The van der Waals surface area contributed by atoms with Crippen LogP contribution in [0.25, 0.3) is 10.4 Å². The summed E-state index contributed by atoms with van der Waals surface area (Å²) in [5.74, 6) is 0.520. The van der Waals surface area contributed by atoms with Gasteiger partial charge in [-0.25, -0.2) is 0 Å². The highest BCUT2D eigenvalue weighted by atomic mass is 32.1. The molecule has 0 spiro atoms. The van der Waals surface area contributed by atoms with E-state index in [-0.39, 0.29) is 0 Å². The molecule has 1 aliphatic rings. The quantitative estimate of drug-likeness (QED) is 0.575. The molecule has 0 fully saturated rings. The molecule has 0 N–H and O–H groups in total. The molecular formula is C22H29NS. The van der Waals surface area contributed by atoms with Crippen LogP contribution in [0.5, 0.6) is 0 Å². The van der Waals surface area contributed by atoms with Crippen molar-refractivity contribution in [3.8, 4) is 10.4 Å². The molecule has 2 heteroatoms. The first-order valence-electron chi connectivity index (χ1n) is 9.08. The summed E-state index contributed by atoms with van der Waals surface area (Å²) in [7, 11) is 0. The molecule has 0 radical (unpaired) electrons. The average molecular weight is 340 g/mol. The number of nitrogens with zero attached hydrogens (tertiary/aromatic N) is 1. The minimum absolute atomic E-state index is 0.520. The van der Waals surface area contributed by atoms with Crippen molar-refractivity contribution in [1.29, 1.82) is 0 Å². The summed E-state index contributed by atoms with van der Waals surface area (Å²) < 4.78 is 0. The van der Waals surface area contributed by atoms with Crippen molar-refractivity contribution < 1.29 is 0 Å². The lowest BCUT2D eigenvalue weighted by molar-refractivity contribution is 0.777. The van der Waals surface area contributed by atoms with E-state index >= 15 is 0 Å². The highest BCUT2D eigenvalue weighted by molar-refractivity contribution is 7.15. The van der Waals surface area contributed by atoms with E-state index in [9.17, 15) is 0 Å². The van der Waals surface area contributed by atoms with E-state index < -0.39 is 0 Å². The summed E-state index contributed by atoms with van der Waals surface area (Å²) in [6, 6.07) is 6.60. The van der Waals surface area contributed by atoms with Crippen molar-refractivity contribution in [2.24, 2.45) is 0 Å². The molecule has 3 rings (SSSR count). The lowest BCUT2D eigenvalue weighted by Gasteiger charge is -2.19. The van der Waals surface area contributed by atoms with Crippen LogP contribution in [0.2, 0.25) is 0 Å². The molecule has 24 heavy (non-hydrogen) atoms. The van der Waals surface area contributed by atoms with Crippen LogP contribution in [0.4, 0.5) is 0 Å². The Balaban J connectivity index is 0.00000100. The Morgan fingerprint density at radius 3 is 2.42 bits per heavy atom. The van der Waals surface area contributed by atoms with Gasteiger partial charge in [0.05, 0.1) is 0 Å². The minimum Gasteiger partial charge on any atom is -0.265 e. The normalized spacial score (nSPS) is 15.0. The first-order chi connectivity index (χ1) is 11.7. The molecule has 0 saturated carbocycles. The first kappa shape index (κ1) is 18.7. The Hall–Kier alpha value is -1.67. The monoisotopic (exact) mass is 339 g/mol. The second-order valence-electron chi connectivity index (χ2n) is 6.05. The minimum atomic E-state index is 0.520. The summed E-state index contributed by atoms with van der Waals surface area (Å²) in [5, 5.41) is 0. The van der Waals surface area contributed by atoms with Crippen molar-refractivity contribution in [3.63, 3.8) is 0 Å². The fraction of sp³-hybridized carbons (Fsp3) is 0.409. The predicted octanol–water partition coefficient (Wildman–Crippen LogP) is 7.17. The average Bonchev–Trinajstić information content (AvgIpc) is 3.08. The number of pyridine rings is 1. The Kier molecular flexibility index (Phi) is 6.99. The van der Waals surface area contributed by atoms with Gasteiger partial charge in [0.15, 0.2) is 0 Å². The van der Waals surface area contributed by atoms with E-state index in [0.717, 1.165) is 6.42 Å². The standard InChI is InChI=1S/C20H23NS.C2H6/c1-4-19-18(15(3)16-7-5-14(2)6-8-16)13-20(22-19)17-9-11-21-12-10-17;1-2/h5,7,9-13,15H,4,6,8H2,1-3H3;1-2H3. The fourth-order valence-corrected chi connectivity index (χ4v) is 4.27. The third-order valence-corrected chi connectivity index (χ3v) is 5.88. The van der Waals surface area contributed by atoms with Gasteiger partial charge >= 0.3 is 0 Å². The highest BCUT2D eigenvalue weighted by Gasteiger charge is 2.19. The number of rotatable bonds is 4. The summed E-state index contributed by atoms with van der Waals surface area (Å²) in [5.41, 5.74) is 5.86. The zero-order valence-electron chi connectivity index (χ0n) is 15.6. The summed E-state index contributed by atoms with van der Waals surface area (Å²) in [6.07, 6.45) is 11.9. The first-order valence-corrected chi connectivity index (χ1v) is 9.90. The Labute approximate surface area is 151 Å². The van der Waals surface area contributed by atoms with Crippen LogP contribution in [-0.2, 0) is 6.42 Å². The van der Waals surface area contributed by atoms with Crippen LogP contribution >= 0.6 is 11.3 Å². The molecule has 0 saturated heterocycles. The van der Waals surface area contributed by atoms with Gasteiger partial charge in [-0.2, -0.15) is 0 Å². The van der Waals surface area contributed by atoms with Crippen molar-refractivity contribution >= 4 is 11.3 Å². The van der Waals surface area contributed by atoms with Crippen LogP contribution in [-0.4, -0.2) is 4.98 Å². The van der Waals surface area contributed by atoms with Gasteiger partial charge in [0.25, 0.3) is 0 Å². The van der Waals surface area contributed by atoms with Crippen LogP contribution in [0.15, 0.2) is 53.9 Å². The Morgan fingerprint density at radius 1 is 1.12 bits per heavy atom. The molecule has 0 bridgehead atoms. The van der Waals surface area contributed by atoms with E-state index in [4.69, 9.17) is 0 Å². The van der Waals surface area contributed by atoms with Crippen molar-refractivity contribution in [2.45, 2.75) is 59.8 Å². The Morgan fingerprint density at radius 2 is 1.83 bits per heavy atom. The van der Waals surface area contributed by atoms with Crippen LogP contribution in [0, 0.1) is 0 Å². The lowest BCUT2D eigenvalue weighted by atomic mass is 9.86. The van der Waals surface area contributed by atoms with Gasteiger partial charge in [-0.15, -0.1) is 11.3 Å². The summed E-state index contributed by atoms with van der Waals surface area (Å²) in [4.78, 5) is 7.01. The van der Waals surface area contributed by atoms with E-state index in [0.29, 0.717) is 5.92 Å². The van der Waals surface area contributed by atoms with Gasteiger partial charge in [-0.3, -0.25) is 4.98 Å². The molecule has 1 nitrogen and oxygen atoms in total. The topological polar surface area (TPSA) is 12.9 Å². The summed E-state index contributed by atoms with van der Waals surface area (Å²) in [6.45, 7) is 10.8. The second-order valence-corrected chi connectivity index (χ2v) is 7.19. The predicted molar refractivity (Wildman–Crippen MR) is 108 cm³/mol. The highest BCUT2D eigenvalue weighted by Crippen LogP contribution is 2.39. The Bertz CT molecular complexity index is 707. The fourth-order valence-electron chi connectivity index (χ4n) is 3.06. The van der Waals surface area contributed by atoms with Crippen molar-refractivity contribution in [1.82, 2.24) is 4.98 Å². The van der Waals surface area contributed by atoms with E-state index in [1.807, 2.05) is 37.6 Å². The SMILES string of the molecule is CC.CCc1sc(-c2ccncc2)cc1C(C)C1=CC=C(C)CC1. The molecule has 0 aliphatic heterocycles. The maximum atomic E-state index is 4.12. The number of thiophene rings is 1. The number of aromatic nitrogens is 1. The van der Waals surface area contributed by atoms with Gasteiger partial charge in [0.2, 0.25) is 0 Å². The molecular weight excluding hydrogens is 310 g/mol. The number of allylic oxidation sites excluding steroid dienone is 4. The smallest absolute Gasteiger partial charge is 0.0349 e. The van der Waals surface area contributed by atoms with Crippen molar-refractivity contribution in [3.05, 3.63) is 64.3 Å². The molecule has 2 heterocycles. The van der Waals surface area contributed by atoms with Crippen LogP contribution in [0.3, 0.4) is 0 Å². The van der Waals surface area contributed by atoms with Crippen molar-refractivity contribution in [2.75, 3.05) is 0 Å². The second kappa shape index (κ2) is 8.98. The van der Waals surface area contributed by atoms with Gasteiger partial charge < -0.3 is 0 Å². The molecule has 128 valence electrons. The number of hydrogen-bond donors (Lipinski definition) is 0. The van der Waals surface area contributed by atoms with E-state index in [2.05, 4.69) is 56.1 Å². The van der Waals surface area contributed by atoms with Gasteiger partial charge in [0, 0.05) is 28.1 Å². The van der Waals surface area contributed by atoms with E-state index in [1.54, 1.807) is 5.57 Å². The maximum absolute atomic E-state index is 4.12. The lowest BCUT2D eigenvalue weighted by Crippen LogP contribution is -2.02. The van der Waals surface area contributed by atoms with Gasteiger partial charge in [-0.1, -0.05) is 51.0 Å². The zero-order chi connectivity index (χ0) is 17.5. The molecule has 2 aromatic rings. The summed E-state index contributed by atoms with van der Waals surface area (Å²) >= 11 is 1.94. The third-order valence-electron chi connectivity index (χ3n) is 4.54.